The normalized spacial score (nSPS) is 22.3. The zero-order valence-electron chi connectivity index (χ0n) is 28.4. The fraction of sp³-hybridized carbons (Fsp3) is 0.485. The van der Waals surface area contributed by atoms with Crippen molar-refractivity contribution in [3.05, 3.63) is 51.6 Å². The van der Waals surface area contributed by atoms with Gasteiger partial charge in [-0.15, -0.1) is 0 Å². The van der Waals surface area contributed by atoms with E-state index in [-0.39, 0.29) is 64.3 Å². The summed E-state index contributed by atoms with van der Waals surface area (Å²) >= 11 is 0. The fourth-order valence-electron chi connectivity index (χ4n) is 6.09. The molecule has 5 unspecified atom stereocenters. The van der Waals surface area contributed by atoms with E-state index in [0.717, 1.165) is 7.11 Å². The average molecular weight is 745 g/mol. The Morgan fingerprint density at radius 3 is 2.25 bits per heavy atom. The molecule has 5 rings (SSSR count). The van der Waals surface area contributed by atoms with Gasteiger partial charge in [0.1, 0.15) is 23.4 Å². The number of halogens is 3. The van der Waals surface area contributed by atoms with E-state index in [9.17, 15) is 52.8 Å². The maximum absolute atomic E-state index is 13.3. The molecule has 5 atom stereocenters. The minimum Gasteiger partial charge on any atom is -0.507 e. The van der Waals surface area contributed by atoms with Crippen molar-refractivity contribution >= 4 is 29.2 Å². The molecule has 0 radical (unpaired) electrons. The van der Waals surface area contributed by atoms with Gasteiger partial charge in [-0.25, -0.2) is 4.79 Å². The second kappa shape index (κ2) is 17.6. The number of alkyl halides is 3. The number of phenols is 2. The number of nitrogens with zero attached hydrogens (tertiary/aromatic N) is 1. The third kappa shape index (κ3) is 8.79. The molecule has 0 saturated carbocycles. The summed E-state index contributed by atoms with van der Waals surface area (Å²) < 4.78 is 51.4. The molecule has 1 saturated heterocycles. The number of aliphatic hydroxyl groups excluding tert-OH is 3. The van der Waals surface area contributed by atoms with Crippen molar-refractivity contribution in [3.8, 4) is 17.2 Å². The number of aliphatic carboxylic acids is 1. The maximum atomic E-state index is 13.3. The van der Waals surface area contributed by atoms with Gasteiger partial charge in [-0.3, -0.25) is 14.4 Å². The van der Waals surface area contributed by atoms with Gasteiger partial charge < -0.3 is 55.0 Å². The summed E-state index contributed by atoms with van der Waals surface area (Å²) in [4.78, 5) is 52.6. The molecule has 2 aliphatic carbocycles. The molecule has 286 valence electrons. The van der Waals surface area contributed by atoms with E-state index >= 15 is 0 Å². The van der Waals surface area contributed by atoms with Crippen molar-refractivity contribution in [1.29, 1.82) is 0 Å². The highest BCUT2D eigenvalue weighted by molar-refractivity contribution is 6.31. The first-order chi connectivity index (χ1) is 24.5. The molecule has 1 fully saturated rings. The monoisotopic (exact) mass is 744 g/mol. The highest BCUT2D eigenvalue weighted by atomic mass is 19.4. The van der Waals surface area contributed by atoms with Crippen LogP contribution in [0, 0.1) is 5.92 Å². The Kier molecular flexibility index (Phi) is 14.1. The predicted octanol–water partition coefficient (Wildman–Crippen LogP) is 1.22. The standard InChI is InChI=1S/C23H21NO9.C9H14F3NO4.CH4O/c1-32-15-4-2-3-12-17(15)23(31)19-18(21(12)29)22(30)13-7-10(5-6-11(13)20(19)28)14(8-25)24-33-9-16(26)27;1-4-7(14)5(3-6(16-2)17-4)13-8(15)9(10,11)12;1-2/h2-4,10,25,28,30H,5-9H2,1H3,(H,26,27);4-7,14H,3H2,1-2H3,(H,13,15);2H,1H3/b24-14+;;. The number of methoxy groups -OCH3 is 2. The van der Waals surface area contributed by atoms with Crippen LogP contribution < -0.4 is 10.1 Å². The average Bonchev–Trinajstić information content (AvgIpc) is 3.12. The first-order valence-corrected chi connectivity index (χ1v) is 15.6. The number of ether oxygens (including phenoxy) is 3. The minimum atomic E-state index is -4.97. The van der Waals surface area contributed by atoms with Gasteiger partial charge in [0.15, 0.2) is 12.1 Å². The van der Waals surface area contributed by atoms with E-state index in [4.69, 9.17) is 29.3 Å². The summed E-state index contributed by atoms with van der Waals surface area (Å²) in [6.07, 6.45) is -6.95. The van der Waals surface area contributed by atoms with Crippen LogP contribution in [-0.4, -0.2) is 125 Å². The molecule has 16 nitrogen and oxygen atoms in total. The topological polar surface area (TPSA) is 251 Å². The van der Waals surface area contributed by atoms with Crippen molar-refractivity contribution in [2.45, 2.75) is 63.3 Å². The summed E-state index contributed by atoms with van der Waals surface area (Å²) in [5.74, 6) is -5.54. The number of hydrogen-bond acceptors (Lipinski definition) is 14. The van der Waals surface area contributed by atoms with Gasteiger partial charge in [0, 0.05) is 43.2 Å². The van der Waals surface area contributed by atoms with Crippen LogP contribution in [0.2, 0.25) is 0 Å². The predicted molar refractivity (Wildman–Crippen MR) is 171 cm³/mol. The number of nitrogens with one attached hydrogen (secondary N) is 1. The molecule has 2 aromatic rings. The van der Waals surface area contributed by atoms with E-state index < -0.39 is 79.0 Å². The summed E-state index contributed by atoms with van der Waals surface area (Å²) in [7, 11) is 3.70. The van der Waals surface area contributed by atoms with Gasteiger partial charge in [-0.05, 0) is 32.3 Å². The molecule has 2 aromatic carbocycles. The lowest BCUT2D eigenvalue weighted by Crippen LogP contribution is -2.57. The number of phenolic OH excluding ortho intramolecular Hbond substituents is 2. The van der Waals surface area contributed by atoms with Gasteiger partial charge in [0.25, 0.3) is 0 Å². The zero-order chi connectivity index (χ0) is 39.1. The maximum Gasteiger partial charge on any atom is 0.471 e. The van der Waals surface area contributed by atoms with Crippen LogP contribution in [0.25, 0.3) is 0 Å². The van der Waals surface area contributed by atoms with Gasteiger partial charge >= 0.3 is 18.1 Å². The van der Waals surface area contributed by atoms with Crippen LogP contribution in [0.1, 0.15) is 62.7 Å². The third-order valence-electron chi connectivity index (χ3n) is 8.57. The molecule has 0 bridgehead atoms. The lowest BCUT2D eigenvalue weighted by molar-refractivity contribution is -0.218. The van der Waals surface area contributed by atoms with Crippen molar-refractivity contribution in [2.24, 2.45) is 11.1 Å². The highest BCUT2D eigenvalue weighted by Crippen LogP contribution is 2.47. The number of ketones is 2. The van der Waals surface area contributed by atoms with Gasteiger partial charge in [-0.2, -0.15) is 13.2 Å². The number of carbonyl (C=O) groups is 4. The Morgan fingerprint density at radius 2 is 1.67 bits per heavy atom. The molecular formula is C33H39F3N2O14. The Bertz CT molecular complexity index is 1700. The van der Waals surface area contributed by atoms with E-state index in [1.54, 1.807) is 11.4 Å². The Morgan fingerprint density at radius 1 is 1.04 bits per heavy atom. The van der Waals surface area contributed by atoms with Gasteiger partial charge in [0.2, 0.25) is 12.4 Å². The quantitative estimate of drug-likeness (QED) is 0.0974. The largest absolute Gasteiger partial charge is 0.507 e. The molecule has 7 N–H and O–H groups in total. The summed E-state index contributed by atoms with van der Waals surface area (Å²) in [5.41, 5.74) is 0.352. The van der Waals surface area contributed by atoms with Gasteiger partial charge in [-0.1, -0.05) is 17.3 Å². The molecule has 52 heavy (non-hydrogen) atoms. The minimum absolute atomic E-state index is 0.0334. The van der Waals surface area contributed by atoms with E-state index in [1.165, 1.54) is 33.3 Å². The van der Waals surface area contributed by atoms with Crippen molar-refractivity contribution in [2.75, 3.05) is 34.5 Å². The van der Waals surface area contributed by atoms with Crippen LogP contribution in [0.5, 0.6) is 17.2 Å². The molecule has 1 amide bonds. The van der Waals surface area contributed by atoms with Crippen molar-refractivity contribution in [1.82, 2.24) is 5.32 Å². The second-order valence-corrected chi connectivity index (χ2v) is 11.6. The second-order valence-electron chi connectivity index (χ2n) is 11.6. The van der Waals surface area contributed by atoms with Crippen LogP contribution in [0.4, 0.5) is 13.2 Å². The first-order valence-electron chi connectivity index (χ1n) is 15.6. The number of carbonyl (C=O) groups excluding carboxylic acids is 3. The van der Waals surface area contributed by atoms with Gasteiger partial charge in [0.05, 0.1) is 48.3 Å². The number of amides is 1. The lowest BCUT2D eigenvalue weighted by atomic mass is 9.74. The summed E-state index contributed by atoms with van der Waals surface area (Å²) in [5, 5.41) is 62.4. The number of carboxylic acids is 1. The van der Waals surface area contributed by atoms with Crippen LogP contribution in [0.15, 0.2) is 23.4 Å². The van der Waals surface area contributed by atoms with Crippen molar-refractivity contribution in [3.63, 3.8) is 0 Å². The van der Waals surface area contributed by atoms with E-state index in [0.29, 0.717) is 12.0 Å². The molecule has 3 aliphatic rings. The zero-order valence-corrected chi connectivity index (χ0v) is 28.4. The molecule has 0 spiro atoms. The Balaban J connectivity index is 0.000000324. The molecule has 19 heteroatoms. The SMILES string of the molecule is CO.COC1CC(NC(=O)C(F)(F)F)C(O)C(C)O1.COc1cccc2c1C(=O)c1c(O)c3c(c(O)c1C2=O)CC(/C(CO)=N/OCC(=O)O)CC3. The third-order valence-corrected chi connectivity index (χ3v) is 8.57. The number of oxime groups is 1. The number of fused-ring (bicyclic) bond motifs is 3. The van der Waals surface area contributed by atoms with Crippen LogP contribution in [-0.2, 0) is 36.7 Å². The molecule has 0 aromatic heterocycles. The lowest BCUT2D eigenvalue weighted by Gasteiger charge is -2.37. The molecule has 1 aliphatic heterocycles. The Labute approximate surface area is 294 Å². The van der Waals surface area contributed by atoms with Crippen molar-refractivity contribution < 1.29 is 82.0 Å². The Hall–Kier alpha value is -4.82. The number of rotatable bonds is 8. The summed E-state index contributed by atoms with van der Waals surface area (Å²) in [6, 6.07) is 3.51. The highest BCUT2D eigenvalue weighted by Gasteiger charge is 2.44. The number of benzene rings is 2. The van der Waals surface area contributed by atoms with Crippen LogP contribution >= 0.6 is 0 Å². The number of aromatic hydroxyl groups is 2. The van der Waals surface area contributed by atoms with Crippen LogP contribution in [0.3, 0.4) is 0 Å². The smallest absolute Gasteiger partial charge is 0.471 e. The van der Waals surface area contributed by atoms with E-state index in [1.807, 2.05) is 0 Å². The fourth-order valence-corrected chi connectivity index (χ4v) is 6.09. The summed E-state index contributed by atoms with van der Waals surface area (Å²) in [6.45, 7) is 0.316. The number of carboxylic acid groups (broad SMARTS) is 1. The molecular weight excluding hydrogens is 705 g/mol. The first kappa shape index (κ1) is 41.6. The molecule has 1 heterocycles. The number of aliphatic hydroxyl groups is 3. The van der Waals surface area contributed by atoms with E-state index in [2.05, 4.69) is 5.16 Å². The number of hydrogen-bond donors (Lipinski definition) is 7.